The fourth-order valence-electron chi connectivity index (χ4n) is 2.26. The number of carbonyl (C=O) groups excluding carboxylic acids is 1. The Bertz CT molecular complexity index is 871. The number of thioether (sulfide) groups is 1. The number of nitrogens with one attached hydrogen (secondary N) is 2. The highest BCUT2D eigenvalue weighted by Crippen LogP contribution is 2.30. The quantitative estimate of drug-likeness (QED) is 0.421. The lowest BCUT2D eigenvalue weighted by molar-refractivity contribution is 0.0948. The molecule has 0 fully saturated rings. The van der Waals surface area contributed by atoms with Crippen LogP contribution in [0.4, 0.5) is 0 Å². The lowest BCUT2D eigenvalue weighted by atomic mass is 10.2. The van der Waals surface area contributed by atoms with E-state index >= 15 is 0 Å². The van der Waals surface area contributed by atoms with Crippen LogP contribution in [0.15, 0.2) is 58.5 Å². The van der Waals surface area contributed by atoms with Gasteiger partial charge in [-0.15, -0.1) is 11.8 Å². The average molecular weight is 344 g/mol. The molecule has 0 aliphatic carbocycles. The summed E-state index contributed by atoms with van der Waals surface area (Å²) in [7, 11) is 0. The van der Waals surface area contributed by atoms with Crippen LogP contribution in [0, 0.1) is 0 Å². The third-order valence-electron chi connectivity index (χ3n) is 3.34. The van der Waals surface area contributed by atoms with Crippen LogP contribution < -0.4 is 5.43 Å². The number of carbonyl (C=O) groups is 1. The highest BCUT2D eigenvalue weighted by Gasteiger charge is 2.16. The zero-order valence-electron chi connectivity index (χ0n) is 12.3. The number of H-pyrrole nitrogens is 1. The lowest BCUT2D eigenvalue weighted by Crippen LogP contribution is -2.18. The van der Waals surface area contributed by atoms with Gasteiger partial charge in [-0.3, -0.25) is 4.79 Å². The van der Waals surface area contributed by atoms with Gasteiger partial charge < -0.3 is 4.98 Å². The highest BCUT2D eigenvalue weighted by molar-refractivity contribution is 7.99. The smallest absolute Gasteiger partial charge is 0.288 e. The number of fused-ring (bicyclic) bond motifs is 1. The number of aromatic amines is 1. The topological polar surface area (TPSA) is 57.2 Å². The van der Waals surface area contributed by atoms with E-state index in [9.17, 15) is 4.79 Å². The summed E-state index contributed by atoms with van der Waals surface area (Å²) in [5.41, 5.74) is 4.86. The predicted octanol–water partition coefficient (Wildman–Crippen LogP) is 4.31. The Morgan fingerprint density at radius 1 is 1.22 bits per heavy atom. The molecular weight excluding hydrogens is 330 g/mol. The summed E-state index contributed by atoms with van der Waals surface area (Å²) in [6, 6.07) is 15.0. The number of rotatable bonds is 4. The Morgan fingerprint density at radius 3 is 2.70 bits per heavy atom. The molecule has 23 heavy (non-hydrogen) atoms. The molecule has 0 radical (unpaired) electrons. The summed E-state index contributed by atoms with van der Waals surface area (Å²) in [6.07, 6.45) is 3.53. The average Bonchev–Trinajstić information content (AvgIpc) is 2.95. The molecule has 0 unspecified atom stereocenters. The van der Waals surface area contributed by atoms with E-state index in [-0.39, 0.29) is 5.91 Å². The van der Waals surface area contributed by atoms with E-state index in [0.717, 1.165) is 21.4 Å². The van der Waals surface area contributed by atoms with Crippen LogP contribution >= 0.6 is 23.4 Å². The van der Waals surface area contributed by atoms with E-state index in [1.54, 1.807) is 18.3 Å². The Balaban J connectivity index is 1.79. The maximum atomic E-state index is 12.3. The number of para-hydroxylation sites is 1. The number of halogens is 1. The van der Waals surface area contributed by atoms with Gasteiger partial charge in [0.15, 0.2) is 0 Å². The molecule has 0 atom stereocenters. The third kappa shape index (κ3) is 3.41. The molecule has 0 spiro atoms. The van der Waals surface area contributed by atoms with Crippen LogP contribution in [0.25, 0.3) is 10.9 Å². The molecule has 6 heteroatoms. The fourth-order valence-corrected chi connectivity index (χ4v) is 3.13. The van der Waals surface area contributed by atoms with Crippen LogP contribution in [-0.2, 0) is 0 Å². The molecule has 1 heterocycles. The first-order chi connectivity index (χ1) is 11.2. The first-order valence-corrected chi connectivity index (χ1v) is 8.53. The van der Waals surface area contributed by atoms with Gasteiger partial charge in [-0.05, 0) is 30.0 Å². The van der Waals surface area contributed by atoms with Gasteiger partial charge in [0.25, 0.3) is 5.91 Å². The summed E-state index contributed by atoms with van der Waals surface area (Å²) in [5, 5.41) is 5.69. The first-order valence-electron chi connectivity index (χ1n) is 6.92. The molecule has 3 rings (SSSR count). The van der Waals surface area contributed by atoms with Gasteiger partial charge in [0.1, 0.15) is 5.69 Å². The second kappa shape index (κ2) is 6.89. The highest BCUT2D eigenvalue weighted by atomic mass is 35.5. The number of benzene rings is 2. The summed E-state index contributed by atoms with van der Waals surface area (Å²) >= 11 is 7.36. The van der Waals surface area contributed by atoms with Crippen molar-refractivity contribution >= 4 is 46.4 Å². The largest absolute Gasteiger partial charge is 0.350 e. The summed E-state index contributed by atoms with van der Waals surface area (Å²) < 4.78 is 0. The van der Waals surface area contributed by atoms with Crippen molar-refractivity contribution in [3.63, 3.8) is 0 Å². The lowest BCUT2D eigenvalue weighted by Gasteiger charge is -2.00. The van der Waals surface area contributed by atoms with Crippen LogP contribution in [0.1, 0.15) is 16.1 Å². The van der Waals surface area contributed by atoms with Crippen molar-refractivity contribution in [2.24, 2.45) is 5.10 Å². The predicted molar refractivity (Wildman–Crippen MR) is 96.6 cm³/mol. The molecule has 116 valence electrons. The van der Waals surface area contributed by atoms with Crippen molar-refractivity contribution < 1.29 is 4.79 Å². The molecule has 2 aromatic carbocycles. The molecule has 2 N–H and O–H groups in total. The Labute approximate surface area is 142 Å². The standard InChI is InChI=1S/C17H14ClN3OS/c1-23-16-13-4-2-3-5-14(13)20-15(16)17(22)21-19-10-11-6-8-12(18)9-7-11/h2-10,20H,1H3,(H,21,22)/b19-10+. The van der Waals surface area contributed by atoms with Crippen LogP contribution in [0.3, 0.4) is 0 Å². The first kappa shape index (κ1) is 15.6. The fraction of sp³-hybridized carbons (Fsp3) is 0.0588. The number of aromatic nitrogens is 1. The molecule has 4 nitrogen and oxygen atoms in total. The van der Waals surface area contributed by atoms with Gasteiger partial charge in [0.2, 0.25) is 0 Å². The van der Waals surface area contributed by atoms with Crippen molar-refractivity contribution in [1.29, 1.82) is 0 Å². The molecule has 1 amide bonds. The Kier molecular flexibility index (Phi) is 4.69. The molecule has 0 saturated carbocycles. The zero-order valence-corrected chi connectivity index (χ0v) is 13.9. The monoisotopic (exact) mass is 343 g/mol. The maximum Gasteiger partial charge on any atom is 0.288 e. The number of hydrogen-bond donors (Lipinski definition) is 2. The van der Waals surface area contributed by atoms with Gasteiger partial charge in [-0.2, -0.15) is 5.10 Å². The zero-order chi connectivity index (χ0) is 16.2. The van der Waals surface area contributed by atoms with Crippen molar-refractivity contribution in [3.05, 3.63) is 64.8 Å². The van der Waals surface area contributed by atoms with Crippen molar-refractivity contribution in [3.8, 4) is 0 Å². The van der Waals surface area contributed by atoms with Crippen LogP contribution in [0.5, 0.6) is 0 Å². The minimum atomic E-state index is -0.268. The van der Waals surface area contributed by atoms with E-state index in [4.69, 9.17) is 11.6 Å². The van der Waals surface area contributed by atoms with Gasteiger partial charge in [-0.25, -0.2) is 5.43 Å². The number of nitrogens with zero attached hydrogens (tertiary/aromatic N) is 1. The Hall–Kier alpha value is -2.24. The summed E-state index contributed by atoms with van der Waals surface area (Å²) in [4.78, 5) is 16.4. The third-order valence-corrected chi connectivity index (χ3v) is 4.42. The van der Waals surface area contributed by atoms with Crippen LogP contribution in [-0.4, -0.2) is 23.4 Å². The molecule has 0 saturated heterocycles. The minimum absolute atomic E-state index is 0.268. The molecule has 3 aromatic rings. The molecule has 1 aromatic heterocycles. The van der Waals surface area contributed by atoms with E-state index in [1.807, 2.05) is 42.7 Å². The van der Waals surface area contributed by atoms with Crippen molar-refractivity contribution in [2.45, 2.75) is 4.90 Å². The van der Waals surface area contributed by atoms with Gasteiger partial charge >= 0.3 is 0 Å². The summed E-state index contributed by atoms with van der Waals surface area (Å²) in [6.45, 7) is 0. The molecule has 0 aliphatic rings. The SMILES string of the molecule is CSc1c(C(=O)N/N=C/c2ccc(Cl)cc2)[nH]c2ccccc12. The Morgan fingerprint density at radius 2 is 1.96 bits per heavy atom. The number of hydrogen-bond acceptors (Lipinski definition) is 3. The minimum Gasteiger partial charge on any atom is -0.350 e. The van der Waals surface area contributed by atoms with E-state index < -0.39 is 0 Å². The molecular formula is C17H14ClN3OS. The molecule has 0 aliphatic heterocycles. The van der Waals surface area contributed by atoms with Crippen molar-refractivity contribution in [2.75, 3.05) is 6.26 Å². The number of hydrazone groups is 1. The van der Waals surface area contributed by atoms with E-state index in [1.165, 1.54) is 11.8 Å². The van der Waals surface area contributed by atoms with Crippen LogP contribution in [0.2, 0.25) is 5.02 Å². The second-order valence-electron chi connectivity index (χ2n) is 4.83. The van der Waals surface area contributed by atoms with Gasteiger partial charge in [0, 0.05) is 20.8 Å². The normalized spacial score (nSPS) is 11.2. The molecule has 0 bridgehead atoms. The van der Waals surface area contributed by atoms with Gasteiger partial charge in [-0.1, -0.05) is 41.9 Å². The number of amides is 1. The van der Waals surface area contributed by atoms with E-state index in [2.05, 4.69) is 15.5 Å². The maximum absolute atomic E-state index is 12.3. The van der Waals surface area contributed by atoms with Gasteiger partial charge in [0.05, 0.1) is 6.21 Å². The second-order valence-corrected chi connectivity index (χ2v) is 6.08. The summed E-state index contributed by atoms with van der Waals surface area (Å²) in [5.74, 6) is -0.268. The van der Waals surface area contributed by atoms with Crippen molar-refractivity contribution in [1.82, 2.24) is 10.4 Å². The van der Waals surface area contributed by atoms with E-state index in [0.29, 0.717) is 10.7 Å².